The van der Waals surface area contributed by atoms with E-state index in [9.17, 15) is 9.18 Å². The van der Waals surface area contributed by atoms with Crippen LogP contribution in [-0.2, 0) is 4.79 Å². The van der Waals surface area contributed by atoms with Gasteiger partial charge in [-0.15, -0.1) is 11.8 Å². The standard InChI is InChI=1S/C13H17FN2OS/c1-2-10(15)13(17)16-11-5-6-18-12-4-3-8(14)7-9(11)12/h3-4,7,10-11H,2,5-6,15H2,1H3,(H,16,17)/t10-,11?/m0/s1. The van der Waals surface area contributed by atoms with E-state index in [1.54, 1.807) is 17.8 Å². The molecule has 0 radical (unpaired) electrons. The molecule has 0 bridgehead atoms. The number of amides is 1. The van der Waals surface area contributed by atoms with Crippen molar-refractivity contribution in [2.75, 3.05) is 5.75 Å². The fraction of sp³-hybridized carbons (Fsp3) is 0.462. The monoisotopic (exact) mass is 268 g/mol. The van der Waals surface area contributed by atoms with Crippen LogP contribution in [0.1, 0.15) is 31.4 Å². The number of carbonyl (C=O) groups excluding carboxylic acids is 1. The highest BCUT2D eigenvalue weighted by atomic mass is 32.2. The normalized spacial score (nSPS) is 20.1. The van der Waals surface area contributed by atoms with Crippen LogP contribution in [0.5, 0.6) is 0 Å². The van der Waals surface area contributed by atoms with Gasteiger partial charge in [0, 0.05) is 10.6 Å². The predicted octanol–water partition coefficient (Wildman–Crippen LogP) is 2.22. The van der Waals surface area contributed by atoms with Crippen LogP contribution in [-0.4, -0.2) is 17.7 Å². The first-order chi connectivity index (χ1) is 8.61. The lowest BCUT2D eigenvalue weighted by molar-refractivity contribution is -0.123. The molecule has 5 heteroatoms. The molecule has 1 unspecified atom stereocenters. The Kier molecular flexibility index (Phi) is 4.24. The fourth-order valence-corrected chi connectivity index (χ4v) is 3.08. The number of benzene rings is 1. The van der Waals surface area contributed by atoms with Gasteiger partial charge in [-0.2, -0.15) is 0 Å². The minimum absolute atomic E-state index is 0.123. The zero-order valence-electron chi connectivity index (χ0n) is 10.3. The summed E-state index contributed by atoms with van der Waals surface area (Å²) in [6, 6.07) is 4.11. The summed E-state index contributed by atoms with van der Waals surface area (Å²) in [4.78, 5) is 12.8. The lowest BCUT2D eigenvalue weighted by atomic mass is 10.0. The van der Waals surface area contributed by atoms with E-state index in [2.05, 4.69) is 5.32 Å². The van der Waals surface area contributed by atoms with Crippen molar-refractivity contribution in [2.24, 2.45) is 5.73 Å². The lowest BCUT2D eigenvalue weighted by Gasteiger charge is -2.27. The van der Waals surface area contributed by atoms with E-state index in [-0.39, 0.29) is 17.8 Å². The Bertz CT molecular complexity index is 453. The van der Waals surface area contributed by atoms with Gasteiger partial charge in [0.05, 0.1) is 12.1 Å². The Morgan fingerprint density at radius 2 is 2.44 bits per heavy atom. The lowest BCUT2D eigenvalue weighted by Crippen LogP contribution is -2.42. The molecular weight excluding hydrogens is 251 g/mol. The number of fused-ring (bicyclic) bond motifs is 1. The summed E-state index contributed by atoms with van der Waals surface area (Å²) in [6.07, 6.45) is 1.41. The smallest absolute Gasteiger partial charge is 0.237 e. The Labute approximate surface area is 110 Å². The van der Waals surface area contributed by atoms with Crippen molar-refractivity contribution in [1.82, 2.24) is 5.32 Å². The van der Waals surface area contributed by atoms with Crippen molar-refractivity contribution >= 4 is 17.7 Å². The zero-order valence-corrected chi connectivity index (χ0v) is 11.1. The van der Waals surface area contributed by atoms with Crippen molar-refractivity contribution in [2.45, 2.75) is 36.7 Å². The Balaban J connectivity index is 2.17. The van der Waals surface area contributed by atoms with Crippen LogP contribution in [0, 0.1) is 5.82 Å². The van der Waals surface area contributed by atoms with Crippen molar-refractivity contribution in [3.63, 3.8) is 0 Å². The molecule has 18 heavy (non-hydrogen) atoms. The van der Waals surface area contributed by atoms with Crippen LogP contribution in [0.25, 0.3) is 0 Å². The van der Waals surface area contributed by atoms with Gasteiger partial charge in [-0.25, -0.2) is 4.39 Å². The molecule has 0 aliphatic carbocycles. The largest absolute Gasteiger partial charge is 0.348 e. The van der Waals surface area contributed by atoms with Crippen molar-refractivity contribution < 1.29 is 9.18 Å². The van der Waals surface area contributed by atoms with Crippen LogP contribution in [0.4, 0.5) is 4.39 Å². The second-order valence-corrected chi connectivity index (χ2v) is 5.53. The van der Waals surface area contributed by atoms with E-state index in [4.69, 9.17) is 5.73 Å². The number of nitrogens with two attached hydrogens (primary N) is 1. The van der Waals surface area contributed by atoms with Crippen molar-refractivity contribution in [1.29, 1.82) is 0 Å². The maximum absolute atomic E-state index is 13.3. The molecule has 0 fully saturated rings. The quantitative estimate of drug-likeness (QED) is 0.883. The zero-order chi connectivity index (χ0) is 13.1. The first-order valence-electron chi connectivity index (χ1n) is 6.10. The Morgan fingerprint density at radius 3 is 3.17 bits per heavy atom. The molecule has 1 aliphatic rings. The van der Waals surface area contributed by atoms with Crippen LogP contribution < -0.4 is 11.1 Å². The molecular formula is C13H17FN2OS. The summed E-state index contributed by atoms with van der Waals surface area (Å²) in [6.45, 7) is 1.87. The van der Waals surface area contributed by atoms with Crippen molar-refractivity contribution in [3.8, 4) is 0 Å². The SMILES string of the molecule is CC[C@H](N)C(=O)NC1CCSc2ccc(F)cc21. The maximum atomic E-state index is 13.3. The second-order valence-electron chi connectivity index (χ2n) is 4.40. The van der Waals surface area contributed by atoms with Gasteiger partial charge in [0.25, 0.3) is 0 Å². The molecule has 0 saturated heterocycles. The summed E-state index contributed by atoms with van der Waals surface area (Å²) in [7, 11) is 0. The second kappa shape index (κ2) is 5.71. The molecule has 0 saturated carbocycles. The third kappa shape index (κ3) is 2.84. The van der Waals surface area contributed by atoms with Crippen LogP contribution in [0.15, 0.2) is 23.1 Å². The average molecular weight is 268 g/mol. The summed E-state index contributed by atoms with van der Waals surface area (Å²) in [5.74, 6) is 0.491. The average Bonchev–Trinajstić information content (AvgIpc) is 2.38. The number of halogens is 1. The number of hydrogen-bond acceptors (Lipinski definition) is 3. The van der Waals surface area contributed by atoms with Gasteiger partial charge in [0.2, 0.25) is 5.91 Å². The summed E-state index contributed by atoms with van der Waals surface area (Å²) >= 11 is 1.69. The molecule has 0 spiro atoms. The number of hydrogen-bond donors (Lipinski definition) is 2. The van der Waals surface area contributed by atoms with Gasteiger partial charge in [-0.1, -0.05) is 6.92 Å². The maximum Gasteiger partial charge on any atom is 0.237 e. The van der Waals surface area contributed by atoms with Gasteiger partial charge < -0.3 is 11.1 Å². The molecule has 2 atom stereocenters. The third-order valence-electron chi connectivity index (χ3n) is 3.10. The van der Waals surface area contributed by atoms with Crippen LogP contribution in [0.2, 0.25) is 0 Å². The molecule has 0 aromatic heterocycles. The van der Waals surface area contributed by atoms with Gasteiger partial charge in [0.1, 0.15) is 5.82 Å². The summed E-state index contributed by atoms with van der Waals surface area (Å²) in [5, 5.41) is 2.91. The number of carbonyl (C=O) groups is 1. The summed E-state index contributed by atoms with van der Waals surface area (Å²) < 4.78 is 13.3. The minimum Gasteiger partial charge on any atom is -0.348 e. The topological polar surface area (TPSA) is 55.1 Å². The van der Waals surface area contributed by atoms with Gasteiger partial charge in [-0.3, -0.25) is 4.79 Å². The minimum atomic E-state index is -0.489. The molecule has 2 rings (SSSR count). The molecule has 3 nitrogen and oxygen atoms in total. The highest BCUT2D eigenvalue weighted by Crippen LogP contribution is 2.36. The van der Waals surface area contributed by atoms with Crippen molar-refractivity contribution in [3.05, 3.63) is 29.6 Å². The first kappa shape index (κ1) is 13.4. The van der Waals surface area contributed by atoms with E-state index in [1.165, 1.54) is 12.1 Å². The fourth-order valence-electron chi connectivity index (χ4n) is 1.98. The molecule has 98 valence electrons. The highest BCUT2D eigenvalue weighted by Gasteiger charge is 2.24. The number of nitrogens with one attached hydrogen (secondary N) is 1. The van der Waals surface area contributed by atoms with Gasteiger partial charge in [-0.05, 0) is 36.6 Å². The van der Waals surface area contributed by atoms with E-state index >= 15 is 0 Å². The van der Waals surface area contributed by atoms with E-state index in [1.807, 2.05) is 6.92 Å². The Morgan fingerprint density at radius 1 is 1.67 bits per heavy atom. The molecule has 1 amide bonds. The number of rotatable bonds is 3. The molecule has 1 aliphatic heterocycles. The molecule has 1 aromatic carbocycles. The van der Waals surface area contributed by atoms with E-state index < -0.39 is 6.04 Å². The first-order valence-corrected chi connectivity index (χ1v) is 7.08. The molecule has 3 N–H and O–H groups in total. The Hall–Kier alpha value is -1.07. The predicted molar refractivity (Wildman–Crippen MR) is 70.9 cm³/mol. The highest BCUT2D eigenvalue weighted by molar-refractivity contribution is 7.99. The number of thioether (sulfide) groups is 1. The summed E-state index contributed by atoms with van der Waals surface area (Å²) in [5.41, 5.74) is 6.56. The van der Waals surface area contributed by atoms with E-state index in [0.717, 1.165) is 22.6 Å². The van der Waals surface area contributed by atoms with Crippen LogP contribution >= 0.6 is 11.8 Å². The molecule has 1 aromatic rings. The molecule has 1 heterocycles. The van der Waals surface area contributed by atoms with E-state index in [0.29, 0.717) is 6.42 Å². The van der Waals surface area contributed by atoms with Gasteiger partial charge >= 0.3 is 0 Å². The van der Waals surface area contributed by atoms with Crippen LogP contribution in [0.3, 0.4) is 0 Å². The van der Waals surface area contributed by atoms with Gasteiger partial charge in [0.15, 0.2) is 0 Å². The third-order valence-corrected chi connectivity index (χ3v) is 4.23.